The third kappa shape index (κ3) is 5.35. The molecule has 1 aromatic heterocycles. The summed E-state index contributed by atoms with van der Waals surface area (Å²) in [5.74, 6) is -3.32. The van der Waals surface area contributed by atoms with Crippen LogP contribution in [-0.4, -0.2) is 75.6 Å². The number of carbonyl (C=O) groups excluding carboxylic acids is 6. The van der Waals surface area contributed by atoms with Crippen LogP contribution in [0.1, 0.15) is 55.0 Å². The number of benzene rings is 3. The number of rotatable bonds is 7. The summed E-state index contributed by atoms with van der Waals surface area (Å²) in [6.45, 7) is 0.757. The maximum Gasteiger partial charge on any atom is 0.263 e. The van der Waals surface area contributed by atoms with E-state index in [0.29, 0.717) is 35.5 Å². The molecule has 0 spiro atoms. The normalized spacial score (nSPS) is 17.4. The number of thioether (sulfide) groups is 1. The number of fused-ring (bicyclic) bond motifs is 1. The minimum absolute atomic E-state index is 0.00893. The van der Waals surface area contributed by atoms with Gasteiger partial charge in [-0.2, -0.15) is 0 Å². The van der Waals surface area contributed by atoms with Gasteiger partial charge in [-0.1, -0.05) is 30.3 Å². The number of amides is 6. The largest absolute Gasteiger partial charge is 0.354 e. The average molecular weight is 654 g/mol. The minimum Gasteiger partial charge on any atom is -0.354 e. The van der Waals surface area contributed by atoms with Gasteiger partial charge in [-0.3, -0.25) is 39.0 Å². The molecule has 0 bridgehead atoms. The van der Waals surface area contributed by atoms with Gasteiger partial charge in [0, 0.05) is 48.1 Å². The van der Waals surface area contributed by atoms with E-state index in [-0.39, 0.29) is 41.5 Å². The van der Waals surface area contributed by atoms with Crippen molar-refractivity contribution in [3.8, 4) is 11.3 Å². The average Bonchev–Trinajstić information content (AvgIpc) is 3.47. The molecule has 3 aliphatic rings. The fraction of sp³-hybridized carbons (Fsp3) is 0.235. The lowest BCUT2D eigenvalue weighted by Gasteiger charge is -2.27. The summed E-state index contributed by atoms with van der Waals surface area (Å²) in [6, 6.07) is 14.1. The molecule has 1 atom stereocenters. The molecule has 4 heterocycles. The van der Waals surface area contributed by atoms with E-state index in [4.69, 9.17) is 0 Å². The number of nitrogens with one attached hydrogen (secondary N) is 3. The second kappa shape index (κ2) is 11.8. The Bertz CT molecular complexity index is 2040. The van der Waals surface area contributed by atoms with Gasteiger partial charge in [0.2, 0.25) is 17.7 Å². The number of halogens is 1. The van der Waals surface area contributed by atoms with E-state index >= 15 is 0 Å². The maximum absolute atomic E-state index is 14.3. The van der Waals surface area contributed by atoms with Gasteiger partial charge in [0.05, 0.1) is 22.4 Å². The Hall–Kier alpha value is -5.30. The van der Waals surface area contributed by atoms with Gasteiger partial charge < -0.3 is 15.2 Å². The SMILES string of the molecule is CN(Cc1ccc(-c2[nH]c3cc(F)cc4c3c2CCNC4=O)cc1)C(=O)CSc1cccc2c1C(=O)N(C1CCC(=O)NC1=O)C2=O. The zero-order valence-corrected chi connectivity index (χ0v) is 26.0. The van der Waals surface area contributed by atoms with E-state index < -0.39 is 35.5 Å². The van der Waals surface area contributed by atoms with Crippen LogP contribution in [0.5, 0.6) is 0 Å². The van der Waals surface area contributed by atoms with Gasteiger partial charge in [0.15, 0.2) is 0 Å². The highest BCUT2D eigenvalue weighted by Gasteiger charge is 2.45. The maximum atomic E-state index is 14.3. The Kier molecular flexibility index (Phi) is 7.63. The summed E-state index contributed by atoms with van der Waals surface area (Å²) in [5.41, 5.74) is 4.69. The van der Waals surface area contributed by atoms with Crippen LogP contribution in [0.2, 0.25) is 0 Å². The van der Waals surface area contributed by atoms with Crippen molar-refractivity contribution in [3.05, 3.63) is 88.2 Å². The van der Waals surface area contributed by atoms with Crippen molar-refractivity contribution in [1.82, 2.24) is 25.4 Å². The molecule has 238 valence electrons. The number of aromatic amines is 1. The molecule has 47 heavy (non-hydrogen) atoms. The molecule has 0 saturated carbocycles. The lowest BCUT2D eigenvalue weighted by Crippen LogP contribution is -2.54. The lowest BCUT2D eigenvalue weighted by atomic mass is 9.99. The Balaban J connectivity index is 1.03. The predicted molar refractivity (Wildman–Crippen MR) is 170 cm³/mol. The topological polar surface area (TPSA) is 149 Å². The summed E-state index contributed by atoms with van der Waals surface area (Å²) in [4.78, 5) is 82.3. The van der Waals surface area contributed by atoms with Gasteiger partial charge in [0.1, 0.15) is 11.9 Å². The minimum atomic E-state index is -1.07. The number of H-pyrrole nitrogens is 1. The van der Waals surface area contributed by atoms with Gasteiger partial charge >= 0.3 is 0 Å². The Labute approximate surface area is 271 Å². The summed E-state index contributed by atoms with van der Waals surface area (Å²) < 4.78 is 14.3. The molecule has 0 aliphatic carbocycles. The van der Waals surface area contributed by atoms with Crippen molar-refractivity contribution in [1.29, 1.82) is 0 Å². The second-order valence-corrected chi connectivity index (χ2v) is 12.7. The van der Waals surface area contributed by atoms with E-state index in [1.165, 1.54) is 18.2 Å². The molecule has 13 heteroatoms. The molecule has 1 unspecified atom stereocenters. The first-order chi connectivity index (χ1) is 22.6. The van der Waals surface area contributed by atoms with Crippen LogP contribution < -0.4 is 10.6 Å². The van der Waals surface area contributed by atoms with Crippen LogP contribution >= 0.6 is 11.8 Å². The summed E-state index contributed by atoms with van der Waals surface area (Å²) in [7, 11) is 1.68. The molecular weight excluding hydrogens is 625 g/mol. The van der Waals surface area contributed by atoms with Crippen LogP contribution in [0.4, 0.5) is 4.39 Å². The van der Waals surface area contributed by atoms with Crippen molar-refractivity contribution in [3.63, 3.8) is 0 Å². The van der Waals surface area contributed by atoms with Gasteiger partial charge in [-0.15, -0.1) is 11.8 Å². The molecule has 4 aromatic rings. The fourth-order valence-electron chi connectivity index (χ4n) is 6.43. The van der Waals surface area contributed by atoms with E-state index in [2.05, 4.69) is 15.6 Å². The fourth-order valence-corrected chi connectivity index (χ4v) is 7.45. The molecular formula is C34H28FN5O6S. The molecule has 1 fully saturated rings. The van der Waals surface area contributed by atoms with Crippen LogP contribution in [-0.2, 0) is 27.3 Å². The molecule has 3 N–H and O–H groups in total. The molecule has 11 nitrogen and oxygen atoms in total. The van der Waals surface area contributed by atoms with E-state index in [1.54, 1.807) is 24.1 Å². The highest BCUT2D eigenvalue weighted by molar-refractivity contribution is 8.00. The molecule has 3 aromatic carbocycles. The number of piperidine rings is 1. The highest BCUT2D eigenvalue weighted by atomic mass is 32.2. The summed E-state index contributed by atoms with van der Waals surface area (Å²) in [5, 5.41) is 5.73. The highest BCUT2D eigenvalue weighted by Crippen LogP contribution is 2.36. The first-order valence-electron chi connectivity index (χ1n) is 15.0. The van der Waals surface area contributed by atoms with Crippen LogP contribution in [0.3, 0.4) is 0 Å². The number of aromatic nitrogens is 1. The standard InChI is InChI=1S/C34H28FN5O6S/c1-39(15-17-5-7-18(8-6-17)30-20-11-12-36-31(43)22-13-19(35)14-23(37-30)28(20)22)27(42)16-47-25-4-2-3-21-29(25)34(46)40(33(21)45)24-9-10-26(41)38-32(24)44/h2-8,13-14,24,37H,9-12,15-16H2,1H3,(H,36,43)(H,38,41,44). The first kappa shape index (κ1) is 30.4. The number of nitrogens with zero attached hydrogens (tertiary/aromatic N) is 2. The number of carbonyl (C=O) groups is 6. The number of imide groups is 2. The Morgan fingerprint density at radius 3 is 2.55 bits per heavy atom. The van der Waals surface area contributed by atoms with Crippen LogP contribution in [0.15, 0.2) is 59.5 Å². The van der Waals surface area contributed by atoms with Crippen molar-refractivity contribution in [2.45, 2.75) is 36.7 Å². The van der Waals surface area contributed by atoms with E-state index in [0.717, 1.165) is 44.4 Å². The Morgan fingerprint density at radius 2 is 1.79 bits per heavy atom. The lowest BCUT2D eigenvalue weighted by molar-refractivity contribution is -0.136. The molecule has 7 rings (SSSR count). The van der Waals surface area contributed by atoms with Crippen molar-refractivity contribution >= 4 is 58.1 Å². The zero-order chi connectivity index (χ0) is 33.0. The molecule has 0 radical (unpaired) electrons. The van der Waals surface area contributed by atoms with Gasteiger partial charge in [-0.05, 0) is 53.8 Å². The smallest absolute Gasteiger partial charge is 0.263 e. The van der Waals surface area contributed by atoms with E-state index in [1.807, 2.05) is 24.3 Å². The number of hydrogen-bond donors (Lipinski definition) is 3. The summed E-state index contributed by atoms with van der Waals surface area (Å²) >= 11 is 1.14. The quantitative estimate of drug-likeness (QED) is 0.205. The number of hydrogen-bond acceptors (Lipinski definition) is 7. The third-order valence-electron chi connectivity index (χ3n) is 8.74. The van der Waals surface area contributed by atoms with Gasteiger partial charge in [-0.25, -0.2) is 4.39 Å². The van der Waals surface area contributed by atoms with Crippen LogP contribution in [0.25, 0.3) is 22.2 Å². The van der Waals surface area contributed by atoms with Crippen LogP contribution in [0, 0.1) is 5.82 Å². The summed E-state index contributed by atoms with van der Waals surface area (Å²) in [6.07, 6.45) is 0.682. The van der Waals surface area contributed by atoms with Gasteiger partial charge in [0.25, 0.3) is 17.7 Å². The zero-order valence-electron chi connectivity index (χ0n) is 25.1. The van der Waals surface area contributed by atoms with E-state index in [9.17, 15) is 33.2 Å². The monoisotopic (exact) mass is 653 g/mol. The second-order valence-electron chi connectivity index (χ2n) is 11.7. The molecule has 3 aliphatic heterocycles. The van der Waals surface area contributed by atoms with Crippen molar-refractivity contribution < 1.29 is 33.2 Å². The van der Waals surface area contributed by atoms with Crippen molar-refractivity contribution in [2.24, 2.45) is 0 Å². The predicted octanol–water partition coefficient (Wildman–Crippen LogP) is 3.41. The Morgan fingerprint density at radius 1 is 1.00 bits per heavy atom. The molecule has 6 amide bonds. The first-order valence-corrected chi connectivity index (χ1v) is 16.0. The molecule has 1 saturated heterocycles. The van der Waals surface area contributed by atoms with Crippen molar-refractivity contribution in [2.75, 3.05) is 19.3 Å². The third-order valence-corrected chi connectivity index (χ3v) is 9.78.